The van der Waals surface area contributed by atoms with Crippen LogP contribution < -0.4 is 0 Å². The molecule has 0 N–H and O–H groups in total. The van der Waals surface area contributed by atoms with Gasteiger partial charge >= 0.3 is 0 Å². The van der Waals surface area contributed by atoms with E-state index in [9.17, 15) is 0 Å². The number of oxazole rings is 1. The third kappa shape index (κ3) is 3.41. The fourth-order valence-electron chi connectivity index (χ4n) is 2.34. The molecule has 0 aliphatic rings. The van der Waals surface area contributed by atoms with Gasteiger partial charge in [-0.15, -0.1) is 10.2 Å². The molecule has 1 atom stereocenters. The molecular formula is C18H14ClN3O2S. The van der Waals surface area contributed by atoms with Crippen LogP contribution in [-0.2, 0) is 0 Å². The number of nitrogens with zero attached hydrogens (tertiary/aromatic N) is 3. The van der Waals surface area contributed by atoms with Gasteiger partial charge in [0.2, 0.25) is 11.8 Å². The Morgan fingerprint density at radius 2 is 1.84 bits per heavy atom. The van der Waals surface area contributed by atoms with E-state index in [-0.39, 0.29) is 5.25 Å². The van der Waals surface area contributed by atoms with E-state index in [0.29, 0.717) is 27.6 Å². The lowest BCUT2D eigenvalue weighted by atomic mass is 10.1. The lowest BCUT2D eigenvalue weighted by Gasteiger charge is -2.02. The molecule has 0 radical (unpaired) electrons. The van der Waals surface area contributed by atoms with E-state index < -0.39 is 0 Å². The van der Waals surface area contributed by atoms with Crippen molar-refractivity contribution in [2.45, 2.75) is 24.3 Å². The molecule has 0 fully saturated rings. The van der Waals surface area contributed by atoms with Gasteiger partial charge in [0, 0.05) is 10.6 Å². The minimum atomic E-state index is -0.0877. The summed E-state index contributed by atoms with van der Waals surface area (Å²) in [6.07, 6.45) is 0. The normalized spacial score (nSPS) is 12.6. The highest BCUT2D eigenvalue weighted by molar-refractivity contribution is 7.99. The number of halogens is 1. The van der Waals surface area contributed by atoms with Crippen molar-refractivity contribution in [1.29, 1.82) is 0 Å². The highest BCUT2D eigenvalue weighted by atomic mass is 35.5. The first-order valence-corrected chi connectivity index (χ1v) is 8.97. The van der Waals surface area contributed by atoms with Crippen molar-refractivity contribution in [3.63, 3.8) is 0 Å². The number of fused-ring (bicyclic) bond motifs is 1. The largest absolute Gasteiger partial charge is 0.431 e. The van der Waals surface area contributed by atoms with Crippen molar-refractivity contribution < 1.29 is 8.83 Å². The molecule has 0 aliphatic heterocycles. The quantitative estimate of drug-likeness (QED) is 0.429. The Hall–Kier alpha value is -2.31. The third-order valence-corrected chi connectivity index (χ3v) is 4.86. The van der Waals surface area contributed by atoms with Crippen LogP contribution in [0.5, 0.6) is 0 Å². The highest BCUT2D eigenvalue weighted by Crippen LogP contribution is 2.36. The van der Waals surface area contributed by atoms with Crippen LogP contribution in [-0.4, -0.2) is 15.2 Å². The van der Waals surface area contributed by atoms with Gasteiger partial charge in [0.05, 0.1) is 5.25 Å². The second-order valence-electron chi connectivity index (χ2n) is 5.66. The molecule has 126 valence electrons. The summed E-state index contributed by atoms with van der Waals surface area (Å²) in [5, 5.41) is 9.37. The summed E-state index contributed by atoms with van der Waals surface area (Å²) in [6.45, 7) is 4.01. The Bertz CT molecular complexity index is 1030. The predicted molar refractivity (Wildman–Crippen MR) is 97.8 cm³/mol. The summed E-state index contributed by atoms with van der Waals surface area (Å²) in [5.41, 5.74) is 3.51. The standard InChI is InChI=1S/C18H14ClN3O2S/c1-10-3-5-12(6-4-10)17-22-21-16(24-17)11(2)25-18-20-14-9-13(19)7-8-15(14)23-18/h3-9,11H,1-2H3. The van der Waals surface area contributed by atoms with Crippen LogP contribution in [0.25, 0.3) is 22.6 Å². The topological polar surface area (TPSA) is 65.0 Å². The van der Waals surface area contributed by atoms with E-state index in [0.717, 1.165) is 11.1 Å². The molecule has 0 amide bonds. The van der Waals surface area contributed by atoms with Gasteiger partial charge in [-0.2, -0.15) is 0 Å². The van der Waals surface area contributed by atoms with Gasteiger partial charge in [0.15, 0.2) is 5.58 Å². The number of aryl methyl sites for hydroxylation is 1. The zero-order valence-corrected chi connectivity index (χ0v) is 15.1. The zero-order valence-electron chi connectivity index (χ0n) is 13.6. The molecule has 0 bridgehead atoms. The molecule has 4 rings (SSSR count). The van der Waals surface area contributed by atoms with Gasteiger partial charge < -0.3 is 8.83 Å². The molecule has 5 nitrogen and oxygen atoms in total. The van der Waals surface area contributed by atoms with Crippen LogP contribution in [0.1, 0.15) is 23.6 Å². The van der Waals surface area contributed by atoms with Crippen LogP contribution in [0.15, 0.2) is 56.5 Å². The molecule has 0 saturated carbocycles. The number of hydrogen-bond acceptors (Lipinski definition) is 6. The Morgan fingerprint density at radius 1 is 1.04 bits per heavy atom. The maximum Gasteiger partial charge on any atom is 0.257 e. The molecule has 2 aromatic heterocycles. The lowest BCUT2D eigenvalue weighted by Crippen LogP contribution is -1.88. The SMILES string of the molecule is Cc1ccc(-c2nnc(C(C)Sc3nc4cc(Cl)ccc4o3)o2)cc1. The van der Waals surface area contributed by atoms with Crippen molar-refractivity contribution >= 4 is 34.5 Å². The van der Waals surface area contributed by atoms with Crippen LogP contribution in [0, 0.1) is 6.92 Å². The molecule has 1 unspecified atom stereocenters. The van der Waals surface area contributed by atoms with Crippen LogP contribution in [0.2, 0.25) is 5.02 Å². The number of aromatic nitrogens is 3. The van der Waals surface area contributed by atoms with E-state index in [1.54, 1.807) is 12.1 Å². The first-order chi connectivity index (χ1) is 12.1. The molecular weight excluding hydrogens is 358 g/mol. The van der Waals surface area contributed by atoms with Crippen LogP contribution in [0.4, 0.5) is 0 Å². The van der Waals surface area contributed by atoms with Gasteiger partial charge in [-0.3, -0.25) is 0 Å². The van der Waals surface area contributed by atoms with E-state index in [1.807, 2.05) is 44.2 Å². The minimum Gasteiger partial charge on any atom is -0.431 e. The van der Waals surface area contributed by atoms with E-state index in [1.165, 1.54) is 17.3 Å². The molecule has 0 spiro atoms. The summed E-state index contributed by atoms with van der Waals surface area (Å²) in [4.78, 5) is 4.44. The van der Waals surface area contributed by atoms with Crippen molar-refractivity contribution in [2.24, 2.45) is 0 Å². The van der Waals surface area contributed by atoms with E-state index in [2.05, 4.69) is 15.2 Å². The molecule has 4 aromatic rings. The van der Waals surface area contributed by atoms with Crippen molar-refractivity contribution in [1.82, 2.24) is 15.2 Å². The number of hydrogen-bond donors (Lipinski definition) is 0. The third-order valence-electron chi connectivity index (χ3n) is 3.69. The Kier molecular flexibility index (Phi) is 4.23. The Morgan fingerprint density at radius 3 is 2.64 bits per heavy atom. The van der Waals surface area contributed by atoms with E-state index >= 15 is 0 Å². The van der Waals surface area contributed by atoms with Gasteiger partial charge in [0.1, 0.15) is 5.52 Å². The molecule has 2 aromatic carbocycles. The Balaban J connectivity index is 1.54. The average Bonchev–Trinajstić information content (AvgIpc) is 3.21. The van der Waals surface area contributed by atoms with Crippen LogP contribution >= 0.6 is 23.4 Å². The van der Waals surface area contributed by atoms with E-state index in [4.69, 9.17) is 20.4 Å². The van der Waals surface area contributed by atoms with Gasteiger partial charge in [-0.25, -0.2) is 4.98 Å². The second-order valence-corrected chi connectivity index (χ2v) is 7.39. The maximum absolute atomic E-state index is 5.98. The van der Waals surface area contributed by atoms with Crippen LogP contribution in [0.3, 0.4) is 0 Å². The first-order valence-electron chi connectivity index (χ1n) is 7.72. The summed E-state index contributed by atoms with van der Waals surface area (Å²) in [5.74, 6) is 1.03. The second kappa shape index (κ2) is 6.54. The molecule has 2 heterocycles. The zero-order chi connectivity index (χ0) is 17.4. The lowest BCUT2D eigenvalue weighted by molar-refractivity contribution is 0.481. The summed E-state index contributed by atoms with van der Waals surface area (Å²) >= 11 is 7.40. The average molecular weight is 372 g/mol. The fourth-order valence-corrected chi connectivity index (χ4v) is 3.30. The predicted octanol–water partition coefficient (Wildman–Crippen LogP) is 5.69. The number of thioether (sulfide) groups is 1. The monoisotopic (exact) mass is 371 g/mol. The smallest absolute Gasteiger partial charge is 0.257 e. The number of benzene rings is 2. The molecule has 25 heavy (non-hydrogen) atoms. The number of rotatable bonds is 4. The van der Waals surface area contributed by atoms with Crippen molar-refractivity contribution in [2.75, 3.05) is 0 Å². The molecule has 0 saturated heterocycles. The van der Waals surface area contributed by atoms with Crippen molar-refractivity contribution in [3.8, 4) is 11.5 Å². The minimum absolute atomic E-state index is 0.0877. The maximum atomic E-state index is 5.98. The van der Waals surface area contributed by atoms with Gasteiger partial charge in [0.25, 0.3) is 5.22 Å². The summed E-state index contributed by atoms with van der Waals surface area (Å²) in [6, 6.07) is 13.3. The fraction of sp³-hybridized carbons (Fsp3) is 0.167. The van der Waals surface area contributed by atoms with Crippen molar-refractivity contribution in [3.05, 3.63) is 58.9 Å². The molecule has 0 aliphatic carbocycles. The van der Waals surface area contributed by atoms with Gasteiger partial charge in [-0.05, 0) is 44.2 Å². The van der Waals surface area contributed by atoms with Gasteiger partial charge in [-0.1, -0.05) is 41.1 Å². The summed E-state index contributed by atoms with van der Waals surface area (Å²) < 4.78 is 11.5. The first kappa shape index (κ1) is 16.2. The highest BCUT2D eigenvalue weighted by Gasteiger charge is 2.19. The Labute approximate surface area is 153 Å². The molecule has 7 heteroatoms. The summed E-state index contributed by atoms with van der Waals surface area (Å²) in [7, 11) is 0.